The topological polar surface area (TPSA) is 0 Å². The molecule has 0 saturated carbocycles. The van der Waals surface area contributed by atoms with Crippen molar-refractivity contribution in [2.75, 3.05) is 0 Å². The lowest BCUT2D eigenvalue weighted by Crippen LogP contribution is -2.32. The largest absolute Gasteiger partial charge is 0.243 e. The fourth-order valence-corrected chi connectivity index (χ4v) is 2.04. The molecule has 0 nitrogen and oxygen atoms in total. The fourth-order valence-electron chi connectivity index (χ4n) is 2.04. The SMILES string of the molecule is CC1C=CC2=CC(C)C(F)C(F)C2=C1F. The lowest BCUT2D eigenvalue weighted by atomic mass is 9.80. The molecule has 0 amide bonds. The molecule has 0 saturated heterocycles. The van der Waals surface area contributed by atoms with Gasteiger partial charge in [0.2, 0.25) is 0 Å². The Bertz CT molecular complexity index is 365. The van der Waals surface area contributed by atoms with Gasteiger partial charge in [-0.15, -0.1) is 0 Å². The highest BCUT2D eigenvalue weighted by molar-refractivity contribution is 5.51. The molecule has 0 radical (unpaired) electrons. The summed E-state index contributed by atoms with van der Waals surface area (Å²) in [7, 11) is 0. The van der Waals surface area contributed by atoms with Crippen molar-refractivity contribution < 1.29 is 13.2 Å². The summed E-state index contributed by atoms with van der Waals surface area (Å²) in [5.41, 5.74) is 0.412. The van der Waals surface area contributed by atoms with Gasteiger partial charge in [-0.3, -0.25) is 0 Å². The lowest BCUT2D eigenvalue weighted by Gasteiger charge is -2.30. The van der Waals surface area contributed by atoms with Gasteiger partial charge in [-0.05, 0) is 5.57 Å². The van der Waals surface area contributed by atoms with E-state index in [1.807, 2.05) is 0 Å². The third kappa shape index (κ3) is 1.54. The molecular weight excluding hydrogens is 201 g/mol. The van der Waals surface area contributed by atoms with Crippen molar-refractivity contribution in [3.63, 3.8) is 0 Å². The van der Waals surface area contributed by atoms with Crippen LogP contribution in [0, 0.1) is 11.8 Å². The number of allylic oxidation sites excluding steroid dienone is 6. The van der Waals surface area contributed by atoms with E-state index in [-0.39, 0.29) is 5.57 Å². The maximum atomic E-state index is 13.6. The number of halogens is 3. The van der Waals surface area contributed by atoms with Crippen LogP contribution >= 0.6 is 0 Å². The van der Waals surface area contributed by atoms with E-state index >= 15 is 0 Å². The minimum Gasteiger partial charge on any atom is -0.243 e. The van der Waals surface area contributed by atoms with Crippen LogP contribution in [0.3, 0.4) is 0 Å². The molecule has 0 bridgehead atoms. The highest BCUT2D eigenvalue weighted by Crippen LogP contribution is 2.40. The van der Waals surface area contributed by atoms with Crippen molar-refractivity contribution in [3.8, 4) is 0 Å². The van der Waals surface area contributed by atoms with Crippen molar-refractivity contribution in [3.05, 3.63) is 35.2 Å². The molecule has 0 fully saturated rings. The summed E-state index contributed by atoms with van der Waals surface area (Å²) in [6.45, 7) is 3.23. The average molecular weight is 214 g/mol. The van der Waals surface area contributed by atoms with Crippen LogP contribution in [0.5, 0.6) is 0 Å². The van der Waals surface area contributed by atoms with Crippen molar-refractivity contribution in [2.45, 2.75) is 26.2 Å². The van der Waals surface area contributed by atoms with Crippen LogP contribution in [0.15, 0.2) is 35.2 Å². The third-order valence-corrected chi connectivity index (χ3v) is 3.03. The first-order valence-corrected chi connectivity index (χ1v) is 5.10. The molecule has 0 heterocycles. The van der Waals surface area contributed by atoms with Crippen LogP contribution in [0.4, 0.5) is 13.2 Å². The van der Waals surface area contributed by atoms with E-state index in [0.29, 0.717) is 5.57 Å². The number of fused-ring (bicyclic) bond motifs is 1. The van der Waals surface area contributed by atoms with Crippen molar-refractivity contribution in [1.82, 2.24) is 0 Å². The maximum Gasteiger partial charge on any atom is 0.160 e. The van der Waals surface area contributed by atoms with E-state index in [1.54, 1.807) is 32.1 Å². The molecule has 82 valence electrons. The second kappa shape index (κ2) is 3.54. The van der Waals surface area contributed by atoms with Crippen molar-refractivity contribution in [2.24, 2.45) is 11.8 Å². The molecule has 4 unspecified atom stereocenters. The second-order valence-corrected chi connectivity index (χ2v) is 4.24. The first-order chi connectivity index (χ1) is 7.02. The van der Waals surface area contributed by atoms with Crippen molar-refractivity contribution >= 4 is 0 Å². The van der Waals surface area contributed by atoms with Crippen LogP contribution in [0.2, 0.25) is 0 Å². The standard InChI is InChI=1S/C12H13F3/c1-6-3-4-8-5-7(2)11(14)12(15)9(8)10(6)13/h3-7,11-12H,1-2H3. The van der Waals surface area contributed by atoms with E-state index < -0.39 is 30.0 Å². The van der Waals surface area contributed by atoms with Gasteiger partial charge >= 0.3 is 0 Å². The summed E-state index contributed by atoms with van der Waals surface area (Å²) in [6.07, 6.45) is 1.49. The molecule has 0 aliphatic heterocycles. The lowest BCUT2D eigenvalue weighted by molar-refractivity contribution is 0.151. The molecule has 0 N–H and O–H groups in total. The molecule has 15 heavy (non-hydrogen) atoms. The number of hydrogen-bond acceptors (Lipinski definition) is 0. The van der Waals surface area contributed by atoms with Gasteiger partial charge in [-0.25, -0.2) is 13.2 Å². The van der Waals surface area contributed by atoms with Crippen LogP contribution in [0.25, 0.3) is 0 Å². The summed E-state index contributed by atoms with van der Waals surface area (Å²) >= 11 is 0. The zero-order chi connectivity index (χ0) is 11.2. The van der Waals surface area contributed by atoms with Crippen molar-refractivity contribution in [1.29, 1.82) is 0 Å². The first kappa shape index (κ1) is 10.5. The Kier molecular flexibility index (Phi) is 2.49. The summed E-state index contributed by atoms with van der Waals surface area (Å²) < 4.78 is 40.7. The first-order valence-electron chi connectivity index (χ1n) is 5.10. The predicted octanol–water partition coefficient (Wildman–Crippen LogP) is 3.67. The molecule has 0 aromatic rings. The Morgan fingerprint density at radius 2 is 1.87 bits per heavy atom. The normalized spacial score (nSPS) is 40.2. The number of hydrogen-bond donors (Lipinski definition) is 0. The summed E-state index contributed by atoms with van der Waals surface area (Å²) in [4.78, 5) is 0. The molecule has 2 aliphatic carbocycles. The van der Waals surface area contributed by atoms with E-state index in [2.05, 4.69) is 0 Å². The third-order valence-electron chi connectivity index (χ3n) is 3.03. The molecule has 4 atom stereocenters. The summed E-state index contributed by atoms with van der Waals surface area (Å²) in [5, 5.41) is 0. The Labute approximate surface area is 87.2 Å². The van der Waals surface area contributed by atoms with Gasteiger partial charge in [0, 0.05) is 17.4 Å². The molecule has 0 aromatic carbocycles. The zero-order valence-corrected chi connectivity index (χ0v) is 8.68. The smallest absolute Gasteiger partial charge is 0.160 e. The highest BCUT2D eigenvalue weighted by Gasteiger charge is 2.38. The molecule has 2 aliphatic rings. The van der Waals surface area contributed by atoms with E-state index in [0.717, 1.165) is 0 Å². The van der Waals surface area contributed by atoms with Crippen LogP contribution < -0.4 is 0 Å². The van der Waals surface area contributed by atoms with Gasteiger partial charge in [-0.2, -0.15) is 0 Å². The fraction of sp³-hybridized carbons (Fsp3) is 0.500. The van der Waals surface area contributed by atoms with E-state index in [1.165, 1.54) is 0 Å². The van der Waals surface area contributed by atoms with Gasteiger partial charge in [0.25, 0.3) is 0 Å². The molecular formula is C12H13F3. The summed E-state index contributed by atoms with van der Waals surface area (Å²) in [5.74, 6) is -1.48. The van der Waals surface area contributed by atoms with Gasteiger partial charge in [-0.1, -0.05) is 32.1 Å². The number of rotatable bonds is 0. The highest BCUT2D eigenvalue weighted by atomic mass is 19.2. The molecule has 3 heteroatoms. The second-order valence-electron chi connectivity index (χ2n) is 4.24. The summed E-state index contributed by atoms with van der Waals surface area (Å²) in [6, 6.07) is 0. The van der Waals surface area contributed by atoms with Gasteiger partial charge in [0.05, 0.1) is 0 Å². The minimum atomic E-state index is -1.83. The van der Waals surface area contributed by atoms with Crippen LogP contribution in [-0.2, 0) is 0 Å². The van der Waals surface area contributed by atoms with Crippen LogP contribution in [0.1, 0.15) is 13.8 Å². The Morgan fingerprint density at radius 3 is 2.53 bits per heavy atom. The monoisotopic (exact) mass is 214 g/mol. The van der Waals surface area contributed by atoms with Gasteiger partial charge in [0.15, 0.2) is 6.17 Å². The van der Waals surface area contributed by atoms with Gasteiger partial charge in [0.1, 0.15) is 12.0 Å². The Morgan fingerprint density at radius 1 is 1.20 bits per heavy atom. The van der Waals surface area contributed by atoms with E-state index in [9.17, 15) is 13.2 Å². The predicted molar refractivity (Wildman–Crippen MR) is 53.5 cm³/mol. The molecule has 0 spiro atoms. The zero-order valence-electron chi connectivity index (χ0n) is 8.68. The minimum absolute atomic E-state index is 0.0874. The van der Waals surface area contributed by atoms with Crippen LogP contribution in [-0.4, -0.2) is 12.3 Å². The molecule has 2 rings (SSSR count). The van der Waals surface area contributed by atoms with E-state index in [4.69, 9.17) is 0 Å². The molecule has 0 aromatic heterocycles. The quantitative estimate of drug-likeness (QED) is 0.577. The van der Waals surface area contributed by atoms with Gasteiger partial charge < -0.3 is 0 Å². The number of alkyl halides is 2. The Hall–Kier alpha value is -0.990. The Balaban J connectivity index is 2.51. The maximum absolute atomic E-state index is 13.6. The average Bonchev–Trinajstić information content (AvgIpc) is 2.20.